The van der Waals surface area contributed by atoms with Gasteiger partial charge in [-0.05, 0) is 12.1 Å². The minimum absolute atomic E-state index is 0.115. The zero-order valence-corrected chi connectivity index (χ0v) is 5.31. The van der Waals surface area contributed by atoms with Gasteiger partial charge in [0.05, 0.1) is 4.88 Å². The molecule has 0 aliphatic carbocycles. The topological polar surface area (TPSA) is 63.3 Å². The molecule has 0 aliphatic rings. The van der Waals surface area contributed by atoms with Gasteiger partial charge in [-0.1, -0.05) is 11.3 Å². The Bertz CT molecular complexity index is 231. The second-order valence-corrected chi connectivity index (χ2v) is 2.56. The lowest BCUT2D eigenvalue weighted by Gasteiger charge is -1.81. The first-order chi connectivity index (χ1) is 4.20. The summed E-state index contributed by atoms with van der Waals surface area (Å²) in [5, 5.41) is 8.83. The highest BCUT2D eigenvalue weighted by atomic mass is 32.1. The van der Waals surface area contributed by atoms with Crippen LogP contribution in [0.3, 0.4) is 0 Å². The summed E-state index contributed by atoms with van der Waals surface area (Å²) in [6.07, 6.45) is 0. The summed E-state index contributed by atoms with van der Waals surface area (Å²) in [7, 11) is 0. The number of carbonyl (C=O) groups is 1. The Morgan fingerprint density at radius 3 is 2.56 bits per heavy atom. The standard InChI is InChI=1S/C5H5NO2S/c6-5(8)3-1-2-4(7)9-3/h1-2,7H,(H2,6,8). The second-order valence-electron chi connectivity index (χ2n) is 1.50. The van der Waals surface area contributed by atoms with Gasteiger partial charge >= 0.3 is 0 Å². The molecule has 1 aromatic rings. The predicted molar refractivity (Wildman–Crippen MR) is 34.5 cm³/mol. The van der Waals surface area contributed by atoms with Crippen molar-refractivity contribution in [3.63, 3.8) is 0 Å². The van der Waals surface area contributed by atoms with Gasteiger partial charge in [0, 0.05) is 0 Å². The van der Waals surface area contributed by atoms with Crippen LogP contribution in [0.25, 0.3) is 0 Å². The molecule has 0 bridgehead atoms. The summed E-state index contributed by atoms with van der Waals surface area (Å²) < 4.78 is 0. The summed E-state index contributed by atoms with van der Waals surface area (Å²) in [6, 6.07) is 2.92. The van der Waals surface area contributed by atoms with Crippen molar-refractivity contribution in [3.8, 4) is 5.06 Å². The zero-order chi connectivity index (χ0) is 6.85. The van der Waals surface area contributed by atoms with Gasteiger partial charge in [-0.3, -0.25) is 4.79 Å². The van der Waals surface area contributed by atoms with Gasteiger partial charge in [0.15, 0.2) is 5.06 Å². The number of rotatable bonds is 1. The number of carbonyl (C=O) groups excluding carboxylic acids is 1. The molecule has 48 valence electrons. The van der Waals surface area contributed by atoms with Gasteiger partial charge < -0.3 is 10.8 Å². The van der Waals surface area contributed by atoms with E-state index in [1.807, 2.05) is 0 Å². The van der Waals surface area contributed by atoms with Gasteiger partial charge in [-0.2, -0.15) is 0 Å². The Morgan fingerprint density at radius 1 is 1.67 bits per heavy atom. The SMILES string of the molecule is NC(=O)c1ccc(O)s1. The first-order valence-corrected chi connectivity index (χ1v) is 3.10. The number of primary amides is 1. The number of amides is 1. The molecule has 1 aromatic heterocycles. The summed E-state index contributed by atoms with van der Waals surface area (Å²) in [4.78, 5) is 10.7. The van der Waals surface area contributed by atoms with Crippen LogP contribution < -0.4 is 5.73 Å². The Morgan fingerprint density at radius 2 is 2.33 bits per heavy atom. The molecule has 1 amide bonds. The van der Waals surface area contributed by atoms with Crippen molar-refractivity contribution < 1.29 is 9.90 Å². The fourth-order valence-corrected chi connectivity index (χ4v) is 1.06. The maximum atomic E-state index is 10.3. The van der Waals surface area contributed by atoms with Crippen LogP contribution in [0.1, 0.15) is 9.67 Å². The Balaban J connectivity index is 2.98. The van der Waals surface area contributed by atoms with Crippen molar-refractivity contribution in [2.45, 2.75) is 0 Å². The van der Waals surface area contributed by atoms with E-state index in [1.54, 1.807) is 0 Å². The molecule has 0 atom stereocenters. The molecule has 0 saturated carbocycles. The molecule has 1 rings (SSSR count). The van der Waals surface area contributed by atoms with Gasteiger partial charge in [0.2, 0.25) is 0 Å². The fourth-order valence-electron chi connectivity index (χ4n) is 0.460. The lowest BCUT2D eigenvalue weighted by Crippen LogP contribution is -2.07. The van der Waals surface area contributed by atoms with E-state index in [-0.39, 0.29) is 5.06 Å². The molecule has 4 heteroatoms. The van der Waals surface area contributed by atoms with Gasteiger partial charge in [0.1, 0.15) is 0 Å². The molecule has 0 aromatic carbocycles. The van der Waals surface area contributed by atoms with E-state index in [0.717, 1.165) is 11.3 Å². The highest BCUT2D eigenvalue weighted by Crippen LogP contribution is 2.21. The van der Waals surface area contributed by atoms with Crippen LogP contribution in [0, 0.1) is 0 Å². The van der Waals surface area contributed by atoms with Crippen LogP contribution in [0.5, 0.6) is 5.06 Å². The van der Waals surface area contributed by atoms with Crippen LogP contribution >= 0.6 is 11.3 Å². The first-order valence-electron chi connectivity index (χ1n) is 2.29. The second kappa shape index (κ2) is 2.06. The van der Waals surface area contributed by atoms with E-state index in [4.69, 9.17) is 10.8 Å². The van der Waals surface area contributed by atoms with E-state index in [0.29, 0.717) is 4.88 Å². The van der Waals surface area contributed by atoms with Crippen LogP contribution in [0.4, 0.5) is 0 Å². The summed E-state index contributed by atoms with van der Waals surface area (Å²) in [5.41, 5.74) is 4.89. The first kappa shape index (κ1) is 6.10. The van der Waals surface area contributed by atoms with Crippen LogP contribution in [0.15, 0.2) is 12.1 Å². The third-order valence-corrected chi connectivity index (χ3v) is 1.74. The average Bonchev–Trinajstić information content (AvgIpc) is 2.14. The van der Waals surface area contributed by atoms with E-state index >= 15 is 0 Å². The van der Waals surface area contributed by atoms with Crippen molar-refractivity contribution in [1.29, 1.82) is 0 Å². The highest BCUT2D eigenvalue weighted by molar-refractivity contribution is 7.15. The molecule has 0 aliphatic heterocycles. The number of hydrogen-bond donors (Lipinski definition) is 2. The minimum atomic E-state index is -0.500. The Labute approximate surface area is 55.7 Å². The third-order valence-electron chi connectivity index (χ3n) is 0.835. The largest absolute Gasteiger partial charge is 0.499 e. The van der Waals surface area contributed by atoms with Crippen molar-refractivity contribution in [2.24, 2.45) is 5.73 Å². The molecular weight excluding hydrogens is 138 g/mol. The Kier molecular flexibility index (Phi) is 1.40. The van der Waals surface area contributed by atoms with E-state index < -0.39 is 5.91 Å². The van der Waals surface area contributed by atoms with Crippen molar-refractivity contribution >= 4 is 17.2 Å². The van der Waals surface area contributed by atoms with Gasteiger partial charge in [-0.15, -0.1) is 0 Å². The van der Waals surface area contributed by atoms with Crippen LogP contribution in [0.2, 0.25) is 0 Å². The van der Waals surface area contributed by atoms with E-state index in [2.05, 4.69) is 0 Å². The summed E-state index contributed by atoms with van der Waals surface area (Å²) >= 11 is 0.977. The molecule has 1 heterocycles. The Hall–Kier alpha value is -1.03. The van der Waals surface area contributed by atoms with Crippen molar-refractivity contribution in [3.05, 3.63) is 17.0 Å². The number of aromatic hydroxyl groups is 1. The predicted octanol–water partition coefficient (Wildman–Crippen LogP) is 0.553. The monoisotopic (exact) mass is 143 g/mol. The molecule has 0 saturated heterocycles. The van der Waals surface area contributed by atoms with E-state index in [1.165, 1.54) is 12.1 Å². The maximum Gasteiger partial charge on any atom is 0.258 e. The molecular formula is C5H5NO2S. The minimum Gasteiger partial charge on any atom is -0.499 e. The molecule has 0 fully saturated rings. The molecule has 0 unspecified atom stereocenters. The van der Waals surface area contributed by atoms with Gasteiger partial charge in [-0.25, -0.2) is 0 Å². The quantitative estimate of drug-likeness (QED) is 0.603. The molecule has 9 heavy (non-hydrogen) atoms. The summed E-state index contributed by atoms with van der Waals surface area (Å²) in [6.45, 7) is 0. The number of hydrogen-bond acceptors (Lipinski definition) is 3. The molecule has 3 N–H and O–H groups in total. The van der Waals surface area contributed by atoms with Crippen LogP contribution in [-0.4, -0.2) is 11.0 Å². The van der Waals surface area contributed by atoms with Crippen LogP contribution in [-0.2, 0) is 0 Å². The summed E-state index contributed by atoms with van der Waals surface area (Å²) in [5.74, 6) is -0.500. The zero-order valence-electron chi connectivity index (χ0n) is 4.50. The smallest absolute Gasteiger partial charge is 0.258 e. The highest BCUT2D eigenvalue weighted by Gasteiger charge is 2.01. The molecule has 0 radical (unpaired) electrons. The van der Waals surface area contributed by atoms with E-state index in [9.17, 15) is 4.79 Å². The lowest BCUT2D eigenvalue weighted by molar-refractivity contribution is 0.100. The fraction of sp³-hybridized carbons (Fsp3) is 0. The maximum absolute atomic E-state index is 10.3. The van der Waals surface area contributed by atoms with Crippen molar-refractivity contribution in [1.82, 2.24) is 0 Å². The molecule has 3 nitrogen and oxygen atoms in total. The molecule has 0 spiro atoms. The van der Waals surface area contributed by atoms with Crippen molar-refractivity contribution in [2.75, 3.05) is 0 Å². The third kappa shape index (κ3) is 1.20. The average molecular weight is 143 g/mol. The van der Waals surface area contributed by atoms with Gasteiger partial charge in [0.25, 0.3) is 5.91 Å². The normalized spacial score (nSPS) is 9.33. The lowest BCUT2D eigenvalue weighted by atomic mass is 10.5. The number of nitrogens with two attached hydrogens (primary N) is 1. The number of thiophene rings is 1.